The molecule has 2 N–H and O–H groups in total. The quantitative estimate of drug-likeness (QED) is 0.807. The van der Waals surface area contributed by atoms with Crippen molar-refractivity contribution in [1.29, 1.82) is 0 Å². The number of carbonyl (C=O) groups excluding carboxylic acids is 1. The van der Waals surface area contributed by atoms with Gasteiger partial charge in [-0.05, 0) is 39.3 Å². The minimum Gasteiger partial charge on any atom is -0.481 e. The molecule has 1 heterocycles. The van der Waals surface area contributed by atoms with E-state index in [0.717, 1.165) is 11.4 Å². The van der Waals surface area contributed by atoms with Crippen LogP contribution in [0, 0.1) is 6.92 Å². The van der Waals surface area contributed by atoms with Crippen molar-refractivity contribution in [2.45, 2.75) is 46.2 Å². The Hall–Kier alpha value is -2.11. The highest BCUT2D eigenvalue weighted by Crippen LogP contribution is 2.05. The summed E-state index contributed by atoms with van der Waals surface area (Å²) in [5.74, 6) is -0.854. The Kier molecular flexibility index (Phi) is 6.65. The predicted octanol–water partition coefficient (Wildman–Crippen LogP) is 2.17. The lowest BCUT2D eigenvalue weighted by Gasteiger charge is -2.23. The molecule has 116 valence electrons. The fraction of sp³-hybridized carbons (Fsp3) is 0.533. The molecule has 6 heteroatoms. The van der Waals surface area contributed by atoms with Crippen molar-refractivity contribution in [3.63, 3.8) is 0 Å². The molecule has 0 spiro atoms. The Balaban J connectivity index is 2.54. The smallest absolute Gasteiger partial charge is 0.317 e. The number of carboxylic acids is 1. The van der Waals surface area contributed by atoms with Gasteiger partial charge in [0.2, 0.25) is 0 Å². The second-order valence-electron chi connectivity index (χ2n) is 5.07. The first kappa shape index (κ1) is 16.9. The molecule has 0 radical (unpaired) electrons. The second-order valence-corrected chi connectivity index (χ2v) is 5.07. The van der Waals surface area contributed by atoms with Crippen molar-refractivity contribution in [3.8, 4) is 0 Å². The maximum absolute atomic E-state index is 12.2. The summed E-state index contributed by atoms with van der Waals surface area (Å²) in [5.41, 5.74) is 1.75. The van der Waals surface area contributed by atoms with Crippen LogP contribution < -0.4 is 5.32 Å². The first-order chi connectivity index (χ1) is 9.92. The topological polar surface area (TPSA) is 82.5 Å². The molecular formula is C15H23N3O3. The number of amides is 2. The SMILES string of the molecule is CCN(Cc1cccc(C)n1)C(=O)NC(C)CCC(=O)O. The zero-order chi connectivity index (χ0) is 15.8. The van der Waals surface area contributed by atoms with E-state index >= 15 is 0 Å². The molecule has 0 aliphatic rings. The highest BCUT2D eigenvalue weighted by molar-refractivity contribution is 5.74. The van der Waals surface area contributed by atoms with Gasteiger partial charge in [0.05, 0.1) is 12.2 Å². The summed E-state index contributed by atoms with van der Waals surface area (Å²) >= 11 is 0. The molecule has 0 fully saturated rings. The predicted molar refractivity (Wildman–Crippen MR) is 79.9 cm³/mol. The van der Waals surface area contributed by atoms with Gasteiger partial charge in [0, 0.05) is 24.7 Å². The number of nitrogens with zero attached hydrogens (tertiary/aromatic N) is 2. The summed E-state index contributed by atoms with van der Waals surface area (Å²) in [7, 11) is 0. The van der Waals surface area contributed by atoms with Gasteiger partial charge in [0.25, 0.3) is 0 Å². The molecule has 0 saturated carbocycles. The van der Waals surface area contributed by atoms with E-state index in [-0.39, 0.29) is 18.5 Å². The molecule has 0 aromatic carbocycles. The van der Waals surface area contributed by atoms with Gasteiger partial charge in [-0.3, -0.25) is 9.78 Å². The van der Waals surface area contributed by atoms with E-state index in [2.05, 4.69) is 10.3 Å². The van der Waals surface area contributed by atoms with E-state index in [0.29, 0.717) is 19.5 Å². The molecule has 0 aliphatic carbocycles. The Bertz CT molecular complexity index is 491. The minimum atomic E-state index is -0.854. The molecule has 1 aromatic heterocycles. The third kappa shape index (κ3) is 6.25. The third-order valence-electron chi connectivity index (χ3n) is 3.13. The van der Waals surface area contributed by atoms with Gasteiger partial charge >= 0.3 is 12.0 Å². The van der Waals surface area contributed by atoms with Crippen molar-refractivity contribution in [1.82, 2.24) is 15.2 Å². The second kappa shape index (κ2) is 8.24. The van der Waals surface area contributed by atoms with Gasteiger partial charge in [0.15, 0.2) is 0 Å². The lowest BCUT2D eigenvalue weighted by molar-refractivity contribution is -0.137. The molecule has 1 unspecified atom stereocenters. The van der Waals surface area contributed by atoms with Gasteiger partial charge in [-0.1, -0.05) is 6.07 Å². The first-order valence-electron chi connectivity index (χ1n) is 7.12. The molecule has 1 aromatic rings. The molecule has 0 aliphatic heterocycles. The number of pyridine rings is 1. The van der Waals surface area contributed by atoms with Gasteiger partial charge in [-0.15, -0.1) is 0 Å². The van der Waals surface area contributed by atoms with E-state index < -0.39 is 5.97 Å². The van der Waals surface area contributed by atoms with Crippen LogP contribution in [0.1, 0.15) is 38.1 Å². The third-order valence-corrected chi connectivity index (χ3v) is 3.13. The van der Waals surface area contributed by atoms with Gasteiger partial charge < -0.3 is 15.3 Å². The van der Waals surface area contributed by atoms with E-state index in [4.69, 9.17) is 5.11 Å². The van der Waals surface area contributed by atoms with Crippen molar-refractivity contribution in [2.24, 2.45) is 0 Å². The first-order valence-corrected chi connectivity index (χ1v) is 7.12. The molecule has 0 saturated heterocycles. The summed E-state index contributed by atoms with van der Waals surface area (Å²) in [6.45, 7) is 6.62. The molecule has 1 atom stereocenters. The average molecular weight is 293 g/mol. The Morgan fingerprint density at radius 1 is 1.43 bits per heavy atom. The molecular weight excluding hydrogens is 270 g/mol. The number of carboxylic acid groups (broad SMARTS) is 1. The van der Waals surface area contributed by atoms with Crippen LogP contribution in [0.2, 0.25) is 0 Å². The van der Waals surface area contributed by atoms with Crippen LogP contribution >= 0.6 is 0 Å². The van der Waals surface area contributed by atoms with E-state index in [1.165, 1.54) is 0 Å². The van der Waals surface area contributed by atoms with Crippen molar-refractivity contribution in [2.75, 3.05) is 6.54 Å². The minimum absolute atomic E-state index is 0.0486. The summed E-state index contributed by atoms with van der Waals surface area (Å²) in [5, 5.41) is 11.5. The summed E-state index contributed by atoms with van der Waals surface area (Å²) in [6, 6.07) is 5.34. The highest BCUT2D eigenvalue weighted by atomic mass is 16.4. The molecule has 6 nitrogen and oxygen atoms in total. The number of hydrogen-bond acceptors (Lipinski definition) is 3. The van der Waals surface area contributed by atoms with Crippen LogP contribution in [-0.4, -0.2) is 39.6 Å². The van der Waals surface area contributed by atoms with Crippen LogP contribution in [0.5, 0.6) is 0 Å². The number of nitrogens with one attached hydrogen (secondary N) is 1. The normalized spacial score (nSPS) is 11.8. The van der Waals surface area contributed by atoms with Crippen molar-refractivity contribution >= 4 is 12.0 Å². The standard InChI is InChI=1S/C15H23N3O3/c1-4-18(10-13-7-5-6-11(2)16-13)15(21)17-12(3)8-9-14(19)20/h5-7,12H,4,8-10H2,1-3H3,(H,17,21)(H,19,20). The van der Waals surface area contributed by atoms with Crippen LogP contribution in [0.4, 0.5) is 4.79 Å². The summed E-state index contributed by atoms with van der Waals surface area (Å²) in [4.78, 5) is 28.7. The molecule has 0 bridgehead atoms. The Morgan fingerprint density at radius 3 is 2.71 bits per heavy atom. The summed E-state index contributed by atoms with van der Waals surface area (Å²) < 4.78 is 0. The van der Waals surface area contributed by atoms with Crippen LogP contribution in [0.15, 0.2) is 18.2 Å². The average Bonchev–Trinajstić information content (AvgIpc) is 2.42. The van der Waals surface area contributed by atoms with Crippen molar-refractivity contribution in [3.05, 3.63) is 29.6 Å². The van der Waals surface area contributed by atoms with E-state index in [1.807, 2.05) is 32.0 Å². The van der Waals surface area contributed by atoms with Gasteiger partial charge in [-0.2, -0.15) is 0 Å². The lowest BCUT2D eigenvalue weighted by Crippen LogP contribution is -2.43. The van der Waals surface area contributed by atoms with Crippen LogP contribution in [-0.2, 0) is 11.3 Å². The fourth-order valence-electron chi connectivity index (χ4n) is 1.92. The number of aryl methyl sites for hydroxylation is 1. The van der Waals surface area contributed by atoms with Crippen molar-refractivity contribution < 1.29 is 14.7 Å². The highest BCUT2D eigenvalue weighted by Gasteiger charge is 2.15. The summed E-state index contributed by atoms with van der Waals surface area (Å²) in [6.07, 6.45) is 0.467. The van der Waals surface area contributed by atoms with Crippen LogP contribution in [0.3, 0.4) is 0 Å². The number of hydrogen-bond donors (Lipinski definition) is 2. The zero-order valence-corrected chi connectivity index (χ0v) is 12.8. The maximum atomic E-state index is 12.2. The monoisotopic (exact) mass is 293 g/mol. The number of aromatic nitrogens is 1. The maximum Gasteiger partial charge on any atom is 0.317 e. The number of urea groups is 1. The molecule has 1 rings (SSSR count). The lowest BCUT2D eigenvalue weighted by atomic mass is 10.2. The van der Waals surface area contributed by atoms with Crippen LogP contribution in [0.25, 0.3) is 0 Å². The number of carbonyl (C=O) groups is 2. The number of rotatable bonds is 7. The Labute approximate surface area is 125 Å². The van der Waals surface area contributed by atoms with Gasteiger partial charge in [0.1, 0.15) is 0 Å². The van der Waals surface area contributed by atoms with E-state index in [1.54, 1.807) is 11.8 Å². The fourth-order valence-corrected chi connectivity index (χ4v) is 1.92. The molecule has 2 amide bonds. The largest absolute Gasteiger partial charge is 0.481 e. The Morgan fingerprint density at radius 2 is 2.14 bits per heavy atom. The number of aliphatic carboxylic acids is 1. The van der Waals surface area contributed by atoms with E-state index in [9.17, 15) is 9.59 Å². The zero-order valence-electron chi connectivity index (χ0n) is 12.8. The molecule has 21 heavy (non-hydrogen) atoms. The van der Waals surface area contributed by atoms with Gasteiger partial charge in [-0.25, -0.2) is 4.79 Å².